The van der Waals surface area contributed by atoms with Crippen molar-refractivity contribution in [3.05, 3.63) is 35.4 Å². The molecule has 138 valence electrons. The Morgan fingerprint density at radius 3 is 2.64 bits per heavy atom. The zero-order valence-electron chi connectivity index (χ0n) is 14.7. The number of nitrogens with zero attached hydrogens (tertiary/aromatic N) is 2. The van der Waals surface area contributed by atoms with Crippen molar-refractivity contribution in [2.24, 2.45) is 0 Å². The molecule has 0 radical (unpaired) electrons. The summed E-state index contributed by atoms with van der Waals surface area (Å²) in [6.07, 6.45) is 0.739. The molecule has 5 nitrogen and oxygen atoms in total. The van der Waals surface area contributed by atoms with Crippen LogP contribution in [0.1, 0.15) is 17.5 Å². The van der Waals surface area contributed by atoms with Gasteiger partial charge in [-0.05, 0) is 18.9 Å². The summed E-state index contributed by atoms with van der Waals surface area (Å²) in [4.78, 5) is 16.5. The largest absolute Gasteiger partial charge is 0.339 e. The lowest BCUT2D eigenvalue weighted by atomic mass is 10.2. The SMILES string of the molecule is Cc1cccc(CSCC(=O)N2CCN(C3CCS(=O)(=O)C3)CC2)c1. The van der Waals surface area contributed by atoms with E-state index in [1.807, 2.05) is 4.90 Å². The van der Waals surface area contributed by atoms with Gasteiger partial charge in [-0.3, -0.25) is 9.69 Å². The van der Waals surface area contributed by atoms with Gasteiger partial charge >= 0.3 is 0 Å². The van der Waals surface area contributed by atoms with Gasteiger partial charge in [0.15, 0.2) is 9.84 Å². The van der Waals surface area contributed by atoms with Crippen molar-refractivity contribution < 1.29 is 13.2 Å². The Labute approximate surface area is 154 Å². The standard InChI is InChI=1S/C18H26N2O3S2/c1-15-3-2-4-16(11-15)12-24-13-18(21)20-8-6-19(7-9-20)17-5-10-25(22,23)14-17/h2-4,11,17H,5-10,12-14H2,1H3. The third-order valence-corrected chi connectivity index (χ3v) is 7.71. The molecule has 1 aromatic carbocycles. The van der Waals surface area contributed by atoms with E-state index in [0.29, 0.717) is 24.6 Å². The van der Waals surface area contributed by atoms with E-state index in [4.69, 9.17) is 0 Å². The smallest absolute Gasteiger partial charge is 0.232 e. The van der Waals surface area contributed by atoms with Crippen LogP contribution in [0.15, 0.2) is 24.3 Å². The molecule has 1 amide bonds. The zero-order valence-corrected chi connectivity index (χ0v) is 16.3. The summed E-state index contributed by atoms with van der Waals surface area (Å²) in [6.45, 7) is 5.07. The summed E-state index contributed by atoms with van der Waals surface area (Å²) in [5.74, 6) is 2.15. The molecule has 0 bridgehead atoms. The van der Waals surface area contributed by atoms with Crippen LogP contribution in [0, 0.1) is 6.92 Å². The van der Waals surface area contributed by atoms with Crippen LogP contribution in [-0.4, -0.2) is 73.6 Å². The third kappa shape index (κ3) is 5.21. The molecule has 7 heteroatoms. The minimum absolute atomic E-state index is 0.151. The minimum Gasteiger partial charge on any atom is -0.339 e. The average Bonchev–Trinajstić information content (AvgIpc) is 2.95. The number of rotatable bonds is 5. The first kappa shape index (κ1) is 18.7. The zero-order chi connectivity index (χ0) is 17.9. The molecule has 1 aromatic rings. The van der Waals surface area contributed by atoms with E-state index in [9.17, 15) is 13.2 Å². The summed E-state index contributed by atoms with van der Waals surface area (Å²) >= 11 is 1.66. The lowest BCUT2D eigenvalue weighted by molar-refractivity contribution is -0.130. The molecule has 0 saturated carbocycles. The van der Waals surface area contributed by atoms with Crippen LogP contribution in [0.3, 0.4) is 0 Å². The van der Waals surface area contributed by atoms with Gasteiger partial charge < -0.3 is 4.90 Å². The molecule has 2 aliphatic rings. The topological polar surface area (TPSA) is 57.7 Å². The van der Waals surface area contributed by atoms with E-state index >= 15 is 0 Å². The number of amides is 1. The minimum atomic E-state index is -2.84. The van der Waals surface area contributed by atoms with Crippen molar-refractivity contribution in [1.29, 1.82) is 0 Å². The Morgan fingerprint density at radius 1 is 1.24 bits per heavy atom. The summed E-state index contributed by atoms with van der Waals surface area (Å²) in [7, 11) is -2.84. The van der Waals surface area contributed by atoms with Crippen LogP contribution >= 0.6 is 11.8 Å². The van der Waals surface area contributed by atoms with Crippen LogP contribution in [0.4, 0.5) is 0 Å². The highest BCUT2D eigenvalue weighted by Gasteiger charge is 2.34. The van der Waals surface area contributed by atoms with Gasteiger partial charge in [0, 0.05) is 38.0 Å². The van der Waals surface area contributed by atoms with Crippen LogP contribution in [0.25, 0.3) is 0 Å². The highest BCUT2D eigenvalue weighted by atomic mass is 32.2. The number of sulfone groups is 1. The van der Waals surface area contributed by atoms with Gasteiger partial charge in [-0.25, -0.2) is 8.42 Å². The van der Waals surface area contributed by atoms with Gasteiger partial charge in [-0.15, -0.1) is 11.8 Å². The van der Waals surface area contributed by atoms with Gasteiger partial charge in [-0.1, -0.05) is 29.8 Å². The Kier molecular flexibility index (Phi) is 6.07. The normalized spacial score (nSPS) is 23.7. The summed E-state index contributed by atoms with van der Waals surface area (Å²) in [5, 5.41) is 0. The second-order valence-corrected chi connectivity index (χ2v) is 10.2. The summed E-state index contributed by atoms with van der Waals surface area (Å²) in [5.41, 5.74) is 2.50. The van der Waals surface area contributed by atoms with E-state index in [0.717, 1.165) is 25.3 Å². The molecule has 25 heavy (non-hydrogen) atoms. The highest BCUT2D eigenvalue weighted by Crippen LogP contribution is 2.20. The van der Waals surface area contributed by atoms with Gasteiger partial charge in [-0.2, -0.15) is 0 Å². The number of carbonyl (C=O) groups excluding carboxylic acids is 1. The van der Waals surface area contributed by atoms with E-state index in [2.05, 4.69) is 36.1 Å². The Bertz CT molecular complexity index is 713. The first-order chi connectivity index (χ1) is 11.9. The fourth-order valence-corrected chi connectivity index (χ4v) is 6.19. The van der Waals surface area contributed by atoms with E-state index < -0.39 is 9.84 Å². The van der Waals surface area contributed by atoms with Crippen molar-refractivity contribution in [2.75, 3.05) is 43.4 Å². The molecule has 2 aliphatic heterocycles. The molecular weight excluding hydrogens is 356 g/mol. The molecule has 2 heterocycles. The lowest BCUT2D eigenvalue weighted by Gasteiger charge is -2.37. The number of benzene rings is 1. The summed E-state index contributed by atoms with van der Waals surface area (Å²) < 4.78 is 23.2. The molecule has 1 unspecified atom stereocenters. The Morgan fingerprint density at radius 2 is 2.00 bits per heavy atom. The second-order valence-electron chi connectivity index (χ2n) is 6.96. The van der Waals surface area contributed by atoms with Crippen LogP contribution in [0.5, 0.6) is 0 Å². The Balaban J connectivity index is 1.40. The fraction of sp³-hybridized carbons (Fsp3) is 0.611. The van der Waals surface area contributed by atoms with Gasteiger partial charge in [0.05, 0.1) is 17.3 Å². The molecule has 2 fully saturated rings. The second kappa shape index (κ2) is 8.10. The fourth-order valence-electron chi connectivity index (χ4n) is 3.55. The van der Waals surface area contributed by atoms with Crippen molar-refractivity contribution in [1.82, 2.24) is 9.80 Å². The number of hydrogen-bond donors (Lipinski definition) is 0. The molecule has 0 spiro atoms. The van der Waals surface area contributed by atoms with E-state index in [-0.39, 0.29) is 17.7 Å². The monoisotopic (exact) mass is 382 g/mol. The molecular formula is C18H26N2O3S2. The van der Waals surface area contributed by atoms with Crippen molar-refractivity contribution in [2.45, 2.75) is 25.1 Å². The number of aryl methyl sites for hydroxylation is 1. The molecule has 0 aliphatic carbocycles. The average molecular weight is 383 g/mol. The maximum absolute atomic E-state index is 12.4. The number of thioether (sulfide) groups is 1. The lowest BCUT2D eigenvalue weighted by Crippen LogP contribution is -2.52. The van der Waals surface area contributed by atoms with Gasteiger partial charge in [0.1, 0.15) is 0 Å². The van der Waals surface area contributed by atoms with Crippen LogP contribution in [-0.2, 0) is 20.4 Å². The molecule has 1 atom stereocenters. The highest BCUT2D eigenvalue weighted by molar-refractivity contribution is 7.99. The van der Waals surface area contributed by atoms with Crippen LogP contribution < -0.4 is 0 Å². The molecule has 2 saturated heterocycles. The Hall–Kier alpha value is -1.05. The predicted molar refractivity (Wildman–Crippen MR) is 103 cm³/mol. The molecule has 0 N–H and O–H groups in total. The van der Waals surface area contributed by atoms with Gasteiger partial charge in [0.25, 0.3) is 0 Å². The van der Waals surface area contributed by atoms with Crippen molar-refractivity contribution in [3.8, 4) is 0 Å². The third-order valence-electron chi connectivity index (χ3n) is 4.97. The maximum Gasteiger partial charge on any atom is 0.232 e. The van der Waals surface area contributed by atoms with E-state index in [1.54, 1.807) is 11.8 Å². The van der Waals surface area contributed by atoms with E-state index in [1.165, 1.54) is 11.1 Å². The molecule has 3 rings (SSSR count). The first-order valence-electron chi connectivity index (χ1n) is 8.78. The van der Waals surface area contributed by atoms with Crippen molar-refractivity contribution >= 4 is 27.5 Å². The van der Waals surface area contributed by atoms with Gasteiger partial charge in [0.2, 0.25) is 5.91 Å². The predicted octanol–water partition coefficient (Wildman–Crippen LogP) is 1.56. The van der Waals surface area contributed by atoms with Crippen LogP contribution in [0.2, 0.25) is 0 Å². The maximum atomic E-state index is 12.4. The number of piperazine rings is 1. The first-order valence-corrected chi connectivity index (χ1v) is 11.8. The number of hydrogen-bond acceptors (Lipinski definition) is 5. The quantitative estimate of drug-likeness (QED) is 0.774. The van der Waals surface area contributed by atoms with Crippen molar-refractivity contribution in [3.63, 3.8) is 0 Å². The number of carbonyl (C=O) groups is 1. The molecule has 0 aromatic heterocycles. The summed E-state index contributed by atoms with van der Waals surface area (Å²) in [6, 6.07) is 8.53.